The van der Waals surface area contributed by atoms with Gasteiger partial charge in [-0.25, -0.2) is 0 Å². The molecule has 0 fully saturated rings. The number of hydrogen-bond donors (Lipinski definition) is 1. The minimum atomic E-state index is -0.752. The van der Waals surface area contributed by atoms with Crippen LogP contribution in [0, 0.1) is 12.3 Å². The lowest BCUT2D eigenvalue weighted by atomic mass is 10.1. The molecule has 0 unspecified atom stereocenters. The highest BCUT2D eigenvalue weighted by Crippen LogP contribution is 2.07. The quantitative estimate of drug-likeness (QED) is 0.734. The molecule has 0 radical (unpaired) electrons. The average Bonchev–Trinajstić information content (AvgIpc) is 2.18. The highest BCUT2D eigenvalue weighted by atomic mass is 16.4. The fraction of sp³-hybridized carbons (Fsp3) is 0.250. The second-order valence-corrected chi connectivity index (χ2v) is 3.09. The van der Waals surface area contributed by atoms with E-state index in [2.05, 4.69) is 5.92 Å². The Kier molecular flexibility index (Phi) is 3.75. The molecule has 0 spiro atoms. The van der Waals surface area contributed by atoms with E-state index >= 15 is 0 Å². The second kappa shape index (κ2) is 5.08. The first-order valence-corrected chi connectivity index (χ1v) is 4.49. The van der Waals surface area contributed by atoms with Gasteiger partial charge in [-0.3, -0.25) is 4.79 Å². The smallest absolute Gasteiger partial charge is 0.303 e. The molecule has 1 aromatic carbocycles. The van der Waals surface area contributed by atoms with E-state index in [0.29, 0.717) is 6.42 Å². The predicted molar refractivity (Wildman–Crippen MR) is 55.0 cm³/mol. The first-order chi connectivity index (χ1) is 6.72. The summed E-state index contributed by atoms with van der Waals surface area (Å²) in [5.41, 5.74) is 1.94. The van der Waals surface area contributed by atoms with E-state index in [1.54, 1.807) is 0 Å². The molecule has 0 amide bonds. The summed E-state index contributed by atoms with van der Waals surface area (Å²) in [6, 6.07) is 7.64. The third-order valence-corrected chi connectivity index (χ3v) is 1.95. The van der Waals surface area contributed by atoms with Gasteiger partial charge < -0.3 is 5.11 Å². The van der Waals surface area contributed by atoms with Gasteiger partial charge in [0.15, 0.2) is 0 Å². The molecule has 0 aliphatic heterocycles. The molecule has 2 heteroatoms. The van der Waals surface area contributed by atoms with Gasteiger partial charge >= 0.3 is 5.97 Å². The first-order valence-electron chi connectivity index (χ1n) is 4.49. The minimum Gasteiger partial charge on any atom is -0.481 e. The van der Waals surface area contributed by atoms with Crippen molar-refractivity contribution < 1.29 is 9.90 Å². The van der Waals surface area contributed by atoms with Gasteiger partial charge in [-0.1, -0.05) is 18.1 Å². The van der Waals surface area contributed by atoms with E-state index in [-0.39, 0.29) is 6.42 Å². The molecule has 0 heterocycles. The van der Waals surface area contributed by atoms with Gasteiger partial charge in [0.2, 0.25) is 0 Å². The van der Waals surface area contributed by atoms with Gasteiger partial charge in [0.1, 0.15) is 0 Å². The summed E-state index contributed by atoms with van der Waals surface area (Å²) in [5.74, 6) is 1.80. The van der Waals surface area contributed by atoms with Crippen LogP contribution in [-0.2, 0) is 11.2 Å². The van der Waals surface area contributed by atoms with E-state index in [1.165, 1.54) is 0 Å². The Morgan fingerprint density at radius 1 is 1.50 bits per heavy atom. The molecule has 0 aromatic heterocycles. The number of hydrogen-bond acceptors (Lipinski definition) is 1. The molecule has 1 aromatic rings. The molecule has 14 heavy (non-hydrogen) atoms. The van der Waals surface area contributed by atoms with Crippen LogP contribution in [0.2, 0.25) is 0 Å². The van der Waals surface area contributed by atoms with Gasteiger partial charge in [-0.15, -0.1) is 6.42 Å². The summed E-state index contributed by atoms with van der Waals surface area (Å²) in [7, 11) is 0. The van der Waals surface area contributed by atoms with E-state index < -0.39 is 5.97 Å². The molecule has 1 rings (SSSR count). The molecule has 0 saturated carbocycles. The Morgan fingerprint density at radius 3 is 2.93 bits per heavy atom. The number of terminal acetylenes is 1. The standard InChI is InChI=1S/C12H12O2/c1-2-10-5-3-6-11(9-10)7-4-8-12(13)14/h1,3,5-6,9H,4,7-8H2,(H,13,14). The SMILES string of the molecule is C#Cc1cccc(CCCC(=O)O)c1. The maximum atomic E-state index is 10.3. The molecule has 0 bridgehead atoms. The van der Waals surface area contributed by atoms with Crippen molar-refractivity contribution in [2.24, 2.45) is 0 Å². The summed E-state index contributed by atoms with van der Waals surface area (Å²) < 4.78 is 0. The molecular formula is C12H12O2. The Balaban J connectivity index is 2.51. The third kappa shape index (κ3) is 3.32. The number of rotatable bonds is 4. The van der Waals surface area contributed by atoms with Crippen LogP contribution in [0.1, 0.15) is 24.0 Å². The zero-order chi connectivity index (χ0) is 10.4. The minimum absolute atomic E-state index is 0.209. The topological polar surface area (TPSA) is 37.3 Å². The van der Waals surface area contributed by atoms with Crippen LogP contribution in [0.3, 0.4) is 0 Å². The van der Waals surface area contributed by atoms with Crippen LogP contribution >= 0.6 is 0 Å². The Hall–Kier alpha value is -1.75. The average molecular weight is 188 g/mol. The highest BCUT2D eigenvalue weighted by molar-refractivity contribution is 5.66. The highest BCUT2D eigenvalue weighted by Gasteiger charge is 1.98. The van der Waals surface area contributed by atoms with Crippen molar-refractivity contribution in [3.63, 3.8) is 0 Å². The van der Waals surface area contributed by atoms with Crippen LogP contribution < -0.4 is 0 Å². The number of carbonyl (C=O) groups is 1. The van der Waals surface area contributed by atoms with Crippen LogP contribution in [0.15, 0.2) is 24.3 Å². The van der Waals surface area contributed by atoms with E-state index in [4.69, 9.17) is 11.5 Å². The van der Waals surface area contributed by atoms with Gasteiger partial charge in [-0.2, -0.15) is 0 Å². The van der Waals surface area contributed by atoms with Crippen molar-refractivity contribution in [1.82, 2.24) is 0 Å². The normalized spacial score (nSPS) is 9.36. The maximum Gasteiger partial charge on any atom is 0.303 e. The molecule has 72 valence electrons. The summed E-state index contributed by atoms with van der Waals surface area (Å²) in [6.07, 6.45) is 6.88. The van der Waals surface area contributed by atoms with Crippen LogP contribution in [0.4, 0.5) is 0 Å². The number of carboxylic acids is 1. The third-order valence-electron chi connectivity index (χ3n) is 1.95. The number of aryl methyl sites for hydroxylation is 1. The van der Waals surface area contributed by atoms with Crippen LogP contribution in [0.5, 0.6) is 0 Å². The van der Waals surface area contributed by atoms with Gasteiger partial charge in [-0.05, 0) is 30.5 Å². The van der Waals surface area contributed by atoms with Crippen molar-refractivity contribution in [2.45, 2.75) is 19.3 Å². The molecular weight excluding hydrogens is 176 g/mol. The molecule has 0 atom stereocenters. The molecule has 0 saturated heterocycles. The van der Waals surface area contributed by atoms with Gasteiger partial charge in [0.25, 0.3) is 0 Å². The molecule has 1 N–H and O–H groups in total. The predicted octanol–water partition coefficient (Wildman–Crippen LogP) is 2.08. The van der Waals surface area contributed by atoms with E-state index in [0.717, 1.165) is 17.5 Å². The lowest BCUT2D eigenvalue weighted by Gasteiger charge is -1.99. The van der Waals surface area contributed by atoms with Crippen molar-refractivity contribution in [3.8, 4) is 12.3 Å². The summed E-state index contributed by atoms with van der Waals surface area (Å²) in [5, 5.41) is 8.46. The second-order valence-electron chi connectivity index (χ2n) is 3.09. The summed E-state index contributed by atoms with van der Waals surface area (Å²) >= 11 is 0. The molecule has 0 aliphatic rings. The monoisotopic (exact) mass is 188 g/mol. The van der Waals surface area contributed by atoms with E-state index in [1.807, 2.05) is 24.3 Å². The zero-order valence-electron chi connectivity index (χ0n) is 7.86. The number of carboxylic acid groups (broad SMARTS) is 1. The van der Waals surface area contributed by atoms with Crippen molar-refractivity contribution in [1.29, 1.82) is 0 Å². The zero-order valence-corrected chi connectivity index (χ0v) is 7.86. The lowest BCUT2D eigenvalue weighted by molar-refractivity contribution is -0.137. The summed E-state index contributed by atoms with van der Waals surface area (Å²) in [4.78, 5) is 10.3. The van der Waals surface area contributed by atoms with Crippen LogP contribution in [0.25, 0.3) is 0 Å². The maximum absolute atomic E-state index is 10.3. The Labute approximate surface area is 83.6 Å². The van der Waals surface area contributed by atoms with Crippen molar-refractivity contribution in [2.75, 3.05) is 0 Å². The van der Waals surface area contributed by atoms with Gasteiger partial charge in [0.05, 0.1) is 0 Å². The lowest BCUT2D eigenvalue weighted by Crippen LogP contribution is -1.95. The number of benzene rings is 1. The number of aliphatic carboxylic acids is 1. The van der Waals surface area contributed by atoms with Crippen molar-refractivity contribution in [3.05, 3.63) is 35.4 Å². The molecule has 0 aliphatic carbocycles. The Bertz CT molecular complexity index is 361. The molecule has 2 nitrogen and oxygen atoms in total. The fourth-order valence-corrected chi connectivity index (χ4v) is 1.26. The Morgan fingerprint density at radius 2 is 2.29 bits per heavy atom. The van der Waals surface area contributed by atoms with Crippen LogP contribution in [-0.4, -0.2) is 11.1 Å². The van der Waals surface area contributed by atoms with Gasteiger partial charge in [0, 0.05) is 12.0 Å². The fourth-order valence-electron chi connectivity index (χ4n) is 1.26. The first kappa shape index (κ1) is 10.3. The largest absolute Gasteiger partial charge is 0.481 e. The van der Waals surface area contributed by atoms with E-state index in [9.17, 15) is 4.79 Å². The summed E-state index contributed by atoms with van der Waals surface area (Å²) in [6.45, 7) is 0. The van der Waals surface area contributed by atoms with Crippen molar-refractivity contribution >= 4 is 5.97 Å².